The van der Waals surface area contributed by atoms with Crippen molar-refractivity contribution in [3.63, 3.8) is 0 Å². The third kappa shape index (κ3) is 2.64. The molecule has 0 aromatic carbocycles. The van der Waals surface area contributed by atoms with E-state index in [-0.39, 0.29) is 11.9 Å². The van der Waals surface area contributed by atoms with Gasteiger partial charge < -0.3 is 10.5 Å². The number of hydrogen-bond donors (Lipinski definition) is 1. The summed E-state index contributed by atoms with van der Waals surface area (Å²) >= 11 is 0. The molecule has 1 aromatic rings. The van der Waals surface area contributed by atoms with E-state index in [1.807, 2.05) is 13.8 Å². The topological polar surface area (TPSA) is 95.9 Å². The van der Waals surface area contributed by atoms with Crippen LogP contribution in [0.2, 0.25) is 0 Å². The molecule has 0 bridgehead atoms. The van der Waals surface area contributed by atoms with Crippen molar-refractivity contribution < 1.29 is 9.53 Å². The predicted octanol–water partition coefficient (Wildman–Crippen LogP) is 0.0155. The average molecular weight is 213 g/mol. The summed E-state index contributed by atoms with van der Waals surface area (Å²) in [6.07, 6.45) is 0.585. The van der Waals surface area contributed by atoms with Crippen molar-refractivity contribution in [3.8, 4) is 0 Å². The highest BCUT2D eigenvalue weighted by Crippen LogP contribution is 2.19. The van der Waals surface area contributed by atoms with Gasteiger partial charge in [-0.15, -0.1) is 0 Å². The van der Waals surface area contributed by atoms with Crippen molar-refractivity contribution in [2.75, 3.05) is 12.8 Å². The Morgan fingerprint density at radius 1 is 1.60 bits per heavy atom. The standard InChI is InChI=1S/C8H15N5O2/c1-5(2)4-6(7(14)15-3)13-8(9)10-11-12-13/h5-6H,4H2,1-3H3,(H2,9,10,12). The summed E-state index contributed by atoms with van der Waals surface area (Å²) in [5.41, 5.74) is 5.53. The Morgan fingerprint density at radius 2 is 2.27 bits per heavy atom. The minimum atomic E-state index is -0.551. The molecule has 0 spiro atoms. The van der Waals surface area contributed by atoms with E-state index in [0.29, 0.717) is 12.3 Å². The Kier molecular flexibility index (Phi) is 3.59. The largest absolute Gasteiger partial charge is 0.467 e. The van der Waals surface area contributed by atoms with E-state index in [2.05, 4.69) is 20.3 Å². The lowest BCUT2D eigenvalue weighted by molar-refractivity contribution is -0.145. The first-order valence-electron chi connectivity index (χ1n) is 4.67. The summed E-state index contributed by atoms with van der Waals surface area (Å²) < 4.78 is 5.96. The average Bonchev–Trinajstić information content (AvgIpc) is 2.59. The SMILES string of the molecule is COC(=O)C(CC(C)C)n1nnnc1N. The van der Waals surface area contributed by atoms with E-state index < -0.39 is 6.04 Å². The molecule has 7 nitrogen and oxygen atoms in total. The van der Waals surface area contributed by atoms with Crippen molar-refractivity contribution in [3.05, 3.63) is 0 Å². The third-order valence-electron chi connectivity index (χ3n) is 1.98. The van der Waals surface area contributed by atoms with Crippen molar-refractivity contribution >= 4 is 11.9 Å². The minimum Gasteiger partial charge on any atom is -0.467 e. The van der Waals surface area contributed by atoms with Crippen molar-refractivity contribution in [2.24, 2.45) is 5.92 Å². The zero-order valence-electron chi connectivity index (χ0n) is 9.04. The molecule has 84 valence electrons. The number of nitrogen functional groups attached to an aromatic ring is 1. The summed E-state index contributed by atoms with van der Waals surface area (Å²) in [4.78, 5) is 11.5. The number of carbonyl (C=O) groups excluding carboxylic acids is 1. The zero-order chi connectivity index (χ0) is 11.4. The number of rotatable bonds is 4. The van der Waals surface area contributed by atoms with Gasteiger partial charge in [0, 0.05) is 0 Å². The fraction of sp³-hybridized carbons (Fsp3) is 0.750. The van der Waals surface area contributed by atoms with Crippen molar-refractivity contribution in [1.29, 1.82) is 0 Å². The highest BCUT2D eigenvalue weighted by atomic mass is 16.5. The second-order valence-corrected chi connectivity index (χ2v) is 3.65. The maximum Gasteiger partial charge on any atom is 0.330 e. The Bertz CT molecular complexity index is 336. The van der Waals surface area contributed by atoms with Gasteiger partial charge >= 0.3 is 5.97 Å². The molecule has 1 aromatic heterocycles. The number of tetrazole rings is 1. The van der Waals surface area contributed by atoms with Crippen LogP contribution in [0.5, 0.6) is 0 Å². The molecule has 1 rings (SSSR count). The number of esters is 1. The zero-order valence-corrected chi connectivity index (χ0v) is 9.04. The third-order valence-corrected chi connectivity index (χ3v) is 1.98. The summed E-state index contributed by atoms with van der Waals surface area (Å²) in [7, 11) is 1.33. The van der Waals surface area contributed by atoms with Crippen LogP contribution in [0, 0.1) is 5.92 Å². The second-order valence-electron chi connectivity index (χ2n) is 3.65. The molecule has 0 radical (unpaired) electrons. The number of nitrogens with zero attached hydrogens (tertiary/aromatic N) is 4. The van der Waals surface area contributed by atoms with Crippen LogP contribution in [0.1, 0.15) is 26.3 Å². The Balaban J connectivity index is 2.91. The van der Waals surface area contributed by atoms with E-state index in [1.54, 1.807) is 0 Å². The Labute approximate surface area is 87.6 Å². The molecule has 0 saturated carbocycles. The molecule has 0 saturated heterocycles. The number of carbonyl (C=O) groups is 1. The maximum absolute atomic E-state index is 11.5. The first-order chi connectivity index (χ1) is 7.06. The van der Waals surface area contributed by atoms with Gasteiger partial charge in [0.05, 0.1) is 7.11 Å². The molecule has 0 aliphatic heterocycles. The number of methoxy groups -OCH3 is 1. The van der Waals surface area contributed by atoms with Gasteiger partial charge in [0.2, 0.25) is 5.95 Å². The summed E-state index contributed by atoms with van der Waals surface area (Å²) in [6, 6.07) is -0.551. The minimum absolute atomic E-state index is 0.117. The number of nitrogens with two attached hydrogens (primary N) is 1. The van der Waals surface area contributed by atoms with Gasteiger partial charge in [-0.3, -0.25) is 0 Å². The van der Waals surface area contributed by atoms with Gasteiger partial charge in [0.1, 0.15) is 0 Å². The lowest BCUT2D eigenvalue weighted by atomic mass is 10.0. The number of anilines is 1. The molecule has 15 heavy (non-hydrogen) atoms. The monoisotopic (exact) mass is 213 g/mol. The van der Waals surface area contributed by atoms with Gasteiger partial charge in [-0.05, 0) is 22.8 Å². The highest BCUT2D eigenvalue weighted by molar-refractivity contribution is 5.74. The van der Waals surface area contributed by atoms with Crippen LogP contribution in [0.25, 0.3) is 0 Å². The molecule has 1 unspecified atom stereocenters. The van der Waals surface area contributed by atoms with Gasteiger partial charge in [0.25, 0.3) is 0 Å². The van der Waals surface area contributed by atoms with Gasteiger partial charge in [0.15, 0.2) is 6.04 Å². The van der Waals surface area contributed by atoms with E-state index in [1.165, 1.54) is 11.8 Å². The van der Waals surface area contributed by atoms with Crippen LogP contribution in [-0.2, 0) is 9.53 Å². The fourth-order valence-corrected chi connectivity index (χ4v) is 1.30. The first kappa shape index (κ1) is 11.4. The summed E-state index contributed by atoms with van der Waals surface area (Å²) in [6.45, 7) is 3.99. The molecule has 2 N–H and O–H groups in total. The molecule has 1 heterocycles. The maximum atomic E-state index is 11.5. The lowest BCUT2D eigenvalue weighted by Gasteiger charge is -2.16. The molecule has 1 atom stereocenters. The molecule has 0 amide bonds. The molecular formula is C8H15N5O2. The molecule has 0 aliphatic carbocycles. The summed E-state index contributed by atoms with van der Waals surface area (Å²) in [5.74, 6) is 0.0476. The van der Waals surface area contributed by atoms with Crippen molar-refractivity contribution in [1.82, 2.24) is 20.2 Å². The molecule has 7 heteroatoms. The first-order valence-corrected chi connectivity index (χ1v) is 4.67. The van der Waals surface area contributed by atoms with E-state index in [4.69, 9.17) is 5.73 Å². The van der Waals surface area contributed by atoms with Crippen LogP contribution >= 0.6 is 0 Å². The molecular weight excluding hydrogens is 198 g/mol. The highest BCUT2D eigenvalue weighted by Gasteiger charge is 2.25. The van der Waals surface area contributed by atoms with Crippen LogP contribution in [-0.4, -0.2) is 33.3 Å². The smallest absolute Gasteiger partial charge is 0.330 e. The van der Waals surface area contributed by atoms with Crippen molar-refractivity contribution in [2.45, 2.75) is 26.3 Å². The molecule has 0 fully saturated rings. The number of ether oxygens (including phenoxy) is 1. The number of aromatic nitrogens is 4. The Hall–Kier alpha value is -1.66. The van der Waals surface area contributed by atoms with E-state index >= 15 is 0 Å². The lowest BCUT2D eigenvalue weighted by Crippen LogP contribution is -2.25. The predicted molar refractivity (Wildman–Crippen MR) is 52.7 cm³/mol. The van der Waals surface area contributed by atoms with E-state index in [0.717, 1.165) is 0 Å². The normalized spacial score (nSPS) is 12.8. The number of hydrogen-bond acceptors (Lipinski definition) is 6. The van der Waals surface area contributed by atoms with E-state index in [9.17, 15) is 4.79 Å². The van der Waals surface area contributed by atoms with Crippen LogP contribution in [0.4, 0.5) is 5.95 Å². The van der Waals surface area contributed by atoms with Gasteiger partial charge in [-0.25, -0.2) is 4.79 Å². The fourth-order valence-electron chi connectivity index (χ4n) is 1.30. The van der Waals surface area contributed by atoms with Gasteiger partial charge in [-0.2, -0.15) is 4.68 Å². The van der Waals surface area contributed by atoms with Crippen LogP contribution in [0.3, 0.4) is 0 Å². The second kappa shape index (κ2) is 4.72. The van der Waals surface area contributed by atoms with Crippen LogP contribution in [0.15, 0.2) is 0 Å². The van der Waals surface area contributed by atoms with Crippen LogP contribution < -0.4 is 5.73 Å². The van der Waals surface area contributed by atoms with Gasteiger partial charge in [-0.1, -0.05) is 18.9 Å². The Morgan fingerprint density at radius 3 is 2.67 bits per heavy atom. The quantitative estimate of drug-likeness (QED) is 0.708. The molecule has 0 aliphatic rings. The summed E-state index contributed by atoms with van der Waals surface area (Å²) in [5, 5.41) is 10.6.